The number of ether oxygens (including phenoxy) is 1. The molecule has 0 bridgehead atoms. The summed E-state index contributed by atoms with van der Waals surface area (Å²) in [4.78, 5) is 3.23. The van der Waals surface area contributed by atoms with E-state index in [1.54, 1.807) is 13.3 Å². The van der Waals surface area contributed by atoms with Crippen LogP contribution in [-0.2, 0) is 6.54 Å². The fourth-order valence-corrected chi connectivity index (χ4v) is 2.81. The summed E-state index contributed by atoms with van der Waals surface area (Å²) in [6, 6.07) is 8.03. The van der Waals surface area contributed by atoms with Gasteiger partial charge in [0.15, 0.2) is 4.77 Å². The van der Waals surface area contributed by atoms with E-state index in [0.29, 0.717) is 4.77 Å². The fraction of sp³-hybridized carbons (Fsp3) is 0.286. The highest BCUT2D eigenvalue weighted by Gasteiger charge is 2.12. The molecule has 3 rings (SSSR count). The molecule has 0 amide bonds. The van der Waals surface area contributed by atoms with Crippen LogP contribution in [0.15, 0.2) is 36.7 Å². The number of imidazole rings is 1. The molecule has 0 saturated heterocycles. The summed E-state index contributed by atoms with van der Waals surface area (Å²) < 4.78 is 10.0. The van der Waals surface area contributed by atoms with Crippen molar-refractivity contribution in [2.75, 3.05) is 7.11 Å². The summed E-state index contributed by atoms with van der Waals surface area (Å²) in [5.41, 5.74) is 2.07. The fourth-order valence-electron chi connectivity index (χ4n) is 2.43. The highest BCUT2D eigenvalue weighted by atomic mass is 32.1. The Labute approximate surface area is 121 Å². The predicted molar refractivity (Wildman–Crippen MR) is 80.6 cm³/mol. The van der Waals surface area contributed by atoms with Crippen molar-refractivity contribution in [1.29, 1.82) is 0 Å². The molecule has 1 atom stereocenters. The van der Waals surface area contributed by atoms with Crippen molar-refractivity contribution in [3.05, 3.63) is 41.4 Å². The average Bonchev–Trinajstić information content (AvgIpc) is 3.04. The summed E-state index contributed by atoms with van der Waals surface area (Å²) in [6.07, 6.45) is 3.74. The van der Waals surface area contributed by atoms with Gasteiger partial charge >= 0.3 is 0 Å². The lowest BCUT2D eigenvalue weighted by Gasteiger charge is -2.15. The third-order valence-electron chi connectivity index (χ3n) is 3.38. The number of aromatic nitrogens is 4. The van der Waals surface area contributed by atoms with Crippen molar-refractivity contribution in [2.24, 2.45) is 0 Å². The van der Waals surface area contributed by atoms with E-state index in [4.69, 9.17) is 17.0 Å². The molecule has 2 aromatic heterocycles. The monoisotopic (exact) mass is 288 g/mol. The molecule has 5 nitrogen and oxygen atoms in total. The number of hydrogen-bond acceptors (Lipinski definition) is 3. The Bertz CT molecular complexity index is 772. The normalized spacial score (nSPS) is 12.7. The molecule has 3 aromatic rings. The zero-order valence-electron chi connectivity index (χ0n) is 11.4. The zero-order chi connectivity index (χ0) is 14.1. The molecule has 2 heterocycles. The van der Waals surface area contributed by atoms with Gasteiger partial charge < -0.3 is 14.3 Å². The lowest BCUT2D eigenvalue weighted by Crippen LogP contribution is -2.13. The van der Waals surface area contributed by atoms with Crippen molar-refractivity contribution in [2.45, 2.75) is 19.5 Å². The Morgan fingerprint density at radius 2 is 2.30 bits per heavy atom. The molecule has 20 heavy (non-hydrogen) atoms. The number of nitrogens with zero attached hydrogens (tertiary/aromatic N) is 3. The maximum atomic E-state index is 5.44. The Balaban J connectivity index is 2.05. The molecule has 104 valence electrons. The van der Waals surface area contributed by atoms with Gasteiger partial charge in [-0.3, -0.25) is 4.68 Å². The van der Waals surface area contributed by atoms with E-state index in [-0.39, 0.29) is 6.04 Å². The number of fused-ring (bicyclic) bond motifs is 1. The Hall–Kier alpha value is -2.08. The van der Waals surface area contributed by atoms with Crippen molar-refractivity contribution < 1.29 is 4.74 Å². The molecule has 0 spiro atoms. The molecule has 1 unspecified atom stereocenters. The summed E-state index contributed by atoms with van der Waals surface area (Å²) in [7, 11) is 1.67. The van der Waals surface area contributed by atoms with Gasteiger partial charge in [-0.15, -0.1) is 0 Å². The van der Waals surface area contributed by atoms with Crippen LogP contribution in [0.25, 0.3) is 11.0 Å². The van der Waals surface area contributed by atoms with Crippen molar-refractivity contribution in [3.8, 4) is 5.75 Å². The first-order valence-electron chi connectivity index (χ1n) is 6.44. The lowest BCUT2D eigenvalue weighted by atomic mass is 10.2. The van der Waals surface area contributed by atoms with Gasteiger partial charge in [-0.2, -0.15) is 5.10 Å². The van der Waals surface area contributed by atoms with E-state index < -0.39 is 0 Å². The maximum Gasteiger partial charge on any atom is 0.178 e. The number of H-pyrrole nitrogens is 1. The largest absolute Gasteiger partial charge is 0.497 e. The van der Waals surface area contributed by atoms with Gasteiger partial charge in [0, 0.05) is 18.5 Å². The summed E-state index contributed by atoms with van der Waals surface area (Å²) in [6.45, 7) is 2.90. The minimum Gasteiger partial charge on any atom is -0.497 e. The molecular formula is C14H16N4OS. The van der Waals surface area contributed by atoms with Crippen LogP contribution < -0.4 is 4.74 Å². The number of aromatic amines is 1. The summed E-state index contributed by atoms with van der Waals surface area (Å²) >= 11 is 5.44. The molecule has 1 aromatic carbocycles. The number of hydrogen-bond donors (Lipinski definition) is 1. The highest BCUT2D eigenvalue weighted by molar-refractivity contribution is 7.71. The smallest absolute Gasteiger partial charge is 0.178 e. The molecule has 6 heteroatoms. The van der Waals surface area contributed by atoms with E-state index in [0.717, 1.165) is 23.3 Å². The van der Waals surface area contributed by atoms with Crippen LogP contribution >= 0.6 is 12.2 Å². The maximum absolute atomic E-state index is 5.44. The van der Waals surface area contributed by atoms with Gasteiger partial charge in [0.2, 0.25) is 0 Å². The van der Waals surface area contributed by atoms with Gasteiger partial charge in [0.1, 0.15) is 5.75 Å². The molecular weight excluding hydrogens is 272 g/mol. The molecule has 0 radical (unpaired) electrons. The van der Waals surface area contributed by atoms with Crippen LogP contribution in [0.4, 0.5) is 0 Å². The number of nitrogens with one attached hydrogen (secondary N) is 1. The zero-order valence-corrected chi connectivity index (χ0v) is 12.2. The van der Waals surface area contributed by atoms with Gasteiger partial charge in [0.05, 0.1) is 30.7 Å². The predicted octanol–water partition coefficient (Wildman–Crippen LogP) is 3.17. The van der Waals surface area contributed by atoms with E-state index in [1.165, 1.54) is 0 Å². The third-order valence-corrected chi connectivity index (χ3v) is 3.67. The minimum atomic E-state index is 0.197. The molecule has 0 saturated carbocycles. The van der Waals surface area contributed by atoms with Crippen molar-refractivity contribution >= 4 is 23.3 Å². The highest BCUT2D eigenvalue weighted by Crippen LogP contribution is 2.24. The van der Waals surface area contributed by atoms with Crippen LogP contribution in [0.1, 0.15) is 13.0 Å². The van der Waals surface area contributed by atoms with Crippen LogP contribution in [0.5, 0.6) is 5.75 Å². The first-order valence-corrected chi connectivity index (χ1v) is 6.85. The van der Waals surface area contributed by atoms with Crippen LogP contribution in [-0.4, -0.2) is 26.4 Å². The molecule has 1 N–H and O–H groups in total. The topological polar surface area (TPSA) is 47.8 Å². The second-order valence-corrected chi connectivity index (χ2v) is 5.15. The van der Waals surface area contributed by atoms with Gasteiger partial charge in [-0.1, -0.05) is 0 Å². The Morgan fingerprint density at radius 1 is 1.45 bits per heavy atom. The standard InChI is InChI=1S/C14H16N4OS/c1-10(9-17-7-3-6-15-17)18-13-8-11(19-2)4-5-12(13)16-14(18)20/h3-8,10H,9H2,1-2H3,(H,16,20). The quantitative estimate of drug-likeness (QED) is 0.750. The summed E-state index contributed by atoms with van der Waals surface area (Å²) in [5, 5.41) is 4.24. The van der Waals surface area contributed by atoms with E-state index >= 15 is 0 Å². The average molecular weight is 288 g/mol. The second kappa shape index (κ2) is 5.13. The van der Waals surface area contributed by atoms with Gasteiger partial charge in [-0.05, 0) is 37.3 Å². The van der Waals surface area contributed by atoms with E-state index in [9.17, 15) is 0 Å². The first-order chi connectivity index (χ1) is 9.69. The SMILES string of the molecule is COc1ccc2[nH]c(=S)n(C(C)Cn3cccn3)c2c1. The van der Waals surface area contributed by atoms with Crippen LogP contribution in [0.2, 0.25) is 0 Å². The number of benzene rings is 1. The number of rotatable bonds is 4. The van der Waals surface area contributed by atoms with Crippen molar-refractivity contribution in [1.82, 2.24) is 19.3 Å². The Kier molecular flexibility index (Phi) is 3.31. The second-order valence-electron chi connectivity index (χ2n) is 4.76. The number of methoxy groups -OCH3 is 1. The minimum absolute atomic E-state index is 0.197. The van der Waals surface area contributed by atoms with Crippen molar-refractivity contribution in [3.63, 3.8) is 0 Å². The van der Waals surface area contributed by atoms with Gasteiger partial charge in [-0.25, -0.2) is 0 Å². The first kappa shape index (κ1) is 12.9. The van der Waals surface area contributed by atoms with Crippen LogP contribution in [0, 0.1) is 4.77 Å². The molecule has 0 fully saturated rings. The van der Waals surface area contributed by atoms with Gasteiger partial charge in [0.25, 0.3) is 0 Å². The van der Waals surface area contributed by atoms with E-state index in [2.05, 4.69) is 21.6 Å². The molecule has 0 aliphatic heterocycles. The summed E-state index contributed by atoms with van der Waals surface area (Å²) in [5.74, 6) is 0.825. The molecule has 0 aliphatic rings. The molecule has 0 aliphatic carbocycles. The van der Waals surface area contributed by atoms with Crippen LogP contribution in [0.3, 0.4) is 0 Å². The lowest BCUT2D eigenvalue weighted by molar-refractivity contribution is 0.414. The Morgan fingerprint density at radius 3 is 3.00 bits per heavy atom. The van der Waals surface area contributed by atoms with E-state index in [1.807, 2.05) is 35.1 Å². The third kappa shape index (κ3) is 2.22.